The highest BCUT2D eigenvalue weighted by Gasteiger charge is 2.35. The van der Waals surface area contributed by atoms with Gasteiger partial charge in [-0.1, -0.05) is 43.2 Å². The van der Waals surface area contributed by atoms with Crippen molar-refractivity contribution in [2.75, 3.05) is 31.1 Å². The molecule has 1 aromatic carbocycles. The lowest BCUT2D eigenvalue weighted by atomic mass is 9.79. The molecule has 0 aromatic heterocycles. The summed E-state index contributed by atoms with van der Waals surface area (Å²) in [6.45, 7) is 2.92. The third-order valence-corrected chi connectivity index (χ3v) is 5.77. The molecule has 2 fully saturated rings. The topological polar surface area (TPSA) is 41.6 Å². The van der Waals surface area contributed by atoms with Crippen molar-refractivity contribution >= 4 is 41.7 Å². The summed E-state index contributed by atoms with van der Waals surface area (Å²) in [6.07, 6.45) is 5.10. The number of nitrogens with zero attached hydrogens (tertiary/aromatic N) is 2. The molecule has 0 atom stereocenters. The van der Waals surface area contributed by atoms with Crippen molar-refractivity contribution in [1.29, 1.82) is 0 Å². The first-order chi connectivity index (χ1) is 10.3. The van der Waals surface area contributed by atoms with Crippen LogP contribution in [0, 0.1) is 0 Å². The summed E-state index contributed by atoms with van der Waals surface area (Å²) < 4.78 is 0. The molecule has 1 aromatic rings. The Balaban J connectivity index is 0.00000176. The molecular weight excluding hydrogens is 405 g/mol. The largest absolute Gasteiger partial charge is 0.370 e. The van der Waals surface area contributed by atoms with Crippen LogP contribution < -0.4 is 5.73 Å². The zero-order chi connectivity index (χ0) is 14.5. The highest BCUT2D eigenvalue weighted by molar-refractivity contribution is 14.0. The first-order valence-corrected chi connectivity index (χ1v) is 9.14. The molecule has 0 radical (unpaired) electrons. The Morgan fingerprint density at radius 2 is 1.77 bits per heavy atom. The van der Waals surface area contributed by atoms with Gasteiger partial charge in [0, 0.05) is 30.0 Å². The van der Waals surface area contributed by atoms with E-state index < -0.39 is 0 Å². The Morgan fingerprint density at radius 3 is 2.41 bits per heavy atom. The molecule has 1 aliphatic heterocycles. The summed E-state index contributed by atoms with van der Waals surface area (Å²) in [5.41, 5.74) is 7.89. The van der Waals surface area contributed by atoms with Crippen LogP contribution in [-0.2, 0) is 5.41 Å². The fraction of sp³-hybridized carbons (Fsp3) is 0.588. The van der Waals surface area contributed by atoms with Crippen LogP contribution in [0.4, 0.5) is 0 Å². The average Bonchev–Trinajstić information content (AvgIpc) is 3.04. The van der Waals surface area contributed by atoms with Crippen LogP contribution in [0.2, 0.25) is 0 Å². The first kappa shape index (κ1) is 17.9. The van der Waals surface area contributed by atoms with Gasteiger partial charge in [-0.25, -0.2) is 0 Å². The Kier molecular flexibility index (Phi) is 6.87. The van der Waals surface area contributed by atoms with Crippen molar-refractivity contribution in [2.45, 2.75) is 31.1 Å². The van der Waals surface area contributed by atoms with E-state index in [1.807, 2.05) is 11.8 Å². The number of thioether (sulfide) groups is 1. The highest BCUT2D eigenvalue weighted by atomic mass is 127. The van der Waals surface area contributed by atoms with Gasteiger partial charge in [-0.05, 0) is 18.4 Å². The molecule has 3 nitrogen and oxygen atoms in total. The Bertz CT molecular complexity index is 480. The molecular formula is C17H26IN3S. The highest BCUT2D eigenvalue weighted by Crippen LogP contribution is 2.41. The SMILES string of the molecule is I.NC(=NCC1(c2ccccc2)CCCC1)N1CCSCC1. The van der Waals surface area contributed by atoms with E-state index in [-0.39, 0.29) is 29.4 Å². The van der Waals surface area contributed by atoms with E-state index in [1.54, 1.807) is 0 Å². The first-order valence-electron chi connectivity index (χ1n) is 7.98. The van der Waals surface area contributed by atoms with Gasteiger partial charge in [-0.15, -0.1) is 24.0 Å². The van der Waals surface area contributed by atoms with Crippen molar-refractivity contribution in [3.63, 3.8) is 0 Å². The lowest BCUT2D eigenvalue weighted by molar-refractivity contribution is 0.431. The second-order valence-electron chi connectivity index (χ2n) is 6.13. The molecule has 1 aliphatic carbocycles. The second-order valence-corrected chi connectivity index (χ2v) is 7.35. The normalized spacial score (nSPS) is 21.5. The van der Waals surface area contributed by atoms with E-state index in [2.05, 4.69) is 35.2 Å². The Morgan fingerprint density at radius 1 is 1.14 bits per heavy atom. The number of benzene rings is 1. The van der Waals surface area contributed by atoms with E-state index in [0.717, 1.165) is 25.6 Å². The van der Waals surface area contributed by atoms with Gasteiger partial charge in [0.1, 0.15) is 0 Å². The van der Waals surface area contributed by atoms with Crippen molar-refractivity contribution in [3.8, 4) is 0 Å². The molecule has 0 amide bonds. The quantitative estimate of drug-likeness (QED) is 0.453. The number of rotatable bonds is 3. The van der Waals surface area contributed by atoms with Crippen molar-refractivity contribution in [1.82, 2.24) is 4.90 Å². The van der Waals surface area contributed by atoms with E-state index in [1.165, 1.54) is 42.8 Å². The van der Waals surface area contributed by atoms with Crippen LogP contribution in [-0.4, -0.2) is 42.0 Å². The van der Waals surface area contributed by atoms with Gasteiger partial charge in [-0.2, -0.15) is 11.8 Å². The minimum atomic E-state index is 0. The smallest absolute Gasteiger partial charge is 0.191 e. The summed E-state index contributed by atoms with van der Waals surface area (Å²) in [5.74, 6) is 3.08. The molecule has 2 N–H and O–H groups in total. The minimum absolute atomic E-state index is 0. The fourth-order valence-corrected chi connectivity index (χ4v) is 4.41. The molecule has 122 valence electrons. The summed E-state index contributed by atoms with van der Waals surface area (Å²) in [4.78, 5) is 7.03. The molecule has 1 saturated heterocycles. The summed E-state index contributed by atoms with van der Waals surface area (Å²) in [6, 6.07) is 10.9. The van der Waals surface area contributed by atoms with E-state index in [9.17, 15) is 0 Å². The maximum absolute atomic E-state index is 6.23. The van der Waals surface area contributed by atoms with Crippen LogP contribution in [0.3, 0.4) is 0 Å². The molecule has 0 spiro atoms. The minimum Gasteiger partial charge on any atom is -0.370 e. The molecule has 22 heavy (non-hydrogen) atoms. The van der Waals surface area contributed by atoms with Crippen LogP contribution in [0.15, 0.2) is 35.3 Å². The van der Waals surface area contributed by atoms with Crippen LogP contribution in [0.5, 0.6) is 0 Å². The maximum atomic E-state index is 6.23. The van der Waals surface area contributed by atoms with E-state index >= 15 is 0 Å². The molecule has 0 unspecified atom stereocenters. The summed E-state index contributed by atoms with van der Waals surface area (Å²) in [5, 5.41) is 0. The number of aliphatic imine (C=N–C) groups is 1. The molecule has 2 aliphatic rings. The van der Waals surface area contributed by atoms with Crippen molar-refractivity contribution in [2.24, 2.45) is 10.7 Å². The van der Waals surface area contributed by atoms with Gasteiger partial charge < -0.3 is 10.6 Å². The molecule has 0 bridgehead atoms. The zero-order valence-electron chi connectivity index (χ0n) is 13.0. The monoisotopic (exact) mass is 431 g/mol. The van der Waals surface area contributed by atoms with E-state index in [0.29, 0.717) is 0 Å². The Labute approximate surface area is 155 Å². The molecule has 1 heterocycles. The summed E-state index contributed by atoms with van der Waals surface area (Å²) >= 11 is 2.00. The standard InChI is InChI=1S/C17H25N3S.HI/c18-16(20-10-12-21-13-11-20)19-14-17(8-4-5-9-17)15-6-2-1-3-7-15;/h1-3,6-7H,4-5,8-14H2,(H2,18,19);1H. The lowest BCUT2D eigenvalue weighted by Gasteiger charge is -2.30. The second kappa shape index (κ2) is 8.43. The van der Waals surface area contributed by atoms with Crippen LogP contribution >= 0.6 is 35.7 Å². The van der Waals surface area contributed by atoms with Gasteiger partial charge in [0.25, 0.3) is 0 Å². The molecule has 3 rings (SSSR count). The third kappa shape index (κ3) is 4.10. The van der Waals surface area contributed by atoms with Crippen LogP contribution in [0.1, 0.15) is 31.2 Å². The summed E-state index contributed by atoms with van der Waals surface area (Å²) in [7, 11) is 0. The molecule has 1 saturated carbocycles. The van der Waals surface area contributed by atoms with Gasteiger partial charge in [0.2, 0.25) is 0 Å². The third-order valence-electron chi connectivity index (χ3n) is 4.83. The van der Waals surface area contributed by atoms with E-state index in [4.69, 9.17) is 10.7 Å². The number of hydrogen-bond donors (Lipinski definition) is 1. The predicted molar refractivity (Wildman–Crippen MR) is 107 cm³/mol. The number of halogens is 1. The number of nitrogens with two attached hydrogens (primary N) is 1. The zero-order valence-corrected chi connectivity index (χ0v) is 16.2. The number of guanidine groups is 1. The fourth-order valence-electron chi connectivity index (χ4n) is 3.51. The average molecular weight is 431 g/mol. The van der Waals surface area contributed by atoms with Crippen molar-refractivity contribution in [3.05, 3.63) is 35.9 Å². The lowest BCUT2D eigenvalue weighted by Crippen LogP contribution is -2.43. The predicted octanol–water partition coefficient (Wildman–Crippen LogP) is 3.48. The van der Waals surface area contributed by atoms with Gasteiger partial charge >= 0.3 is 0 Å². The van der Waals surface area contributed by atoms with Gasteiger partial charge in [0.15, 0.2) is 5.96 Å². The maximum Gasteiger partial charge on any atom is 0.191 e. The van der Waals surface area contributed by atoms with Gasteiger partial charge in [0.05, 0.1) is 6.54 Å². The van der Waals surface area contributed by atoms with Gasteiger partial charge in [-0.3, -0.25) is 4.99 Å². The number of hydrogen-bond acceptors (Lipinski definition) is 2. The van der Waals surface area contributed by atoms with Crippen molar-refractivity contribution < 1.29 is 0 Å². The van der Waals surface area contributed by atoms with Crippen LogP contribution in [0.25, 0.3) is 0 Å². The molecule has 5 heteroatoms. The Hall–Kier alpha value is -0.430.